The third-order valence-corrected chi connectivity index (χ3v) is 2.98. The van der Waals surface area contributed by atoms with Gasteiger partial charge in [-0.05, 0) is 36.1 Å². The lowest BCUT2D eigenvalue weighted by Gasteiger charge is -2.20. The van der Waals surface area contributed by atoms with Crippen LogP contribution in [-0.2, 0) is 6.42 Å². The van der Waals surface area contributed by atoms with Gasteiger partial charge >= 0.3 is 0 Å². The molecule has 0 aliphatic heterocycles. The fourth-order valence-electron chi connectivity index (χ4n) is 2.10. The molecular weight excluding hydrogens is 222 g/mol. The maximum Gasteiger partial charge on any atom is 0.119 e. The highest BCUT2D eigenvalue weighted by molar-refractivity contribution is 5.84. The molecule has 1 N–H and O–H groups in total. The molecule has 2 rings (SSSR count). The monoisotopic (exact) mass is 243 g/mol. The second kappa shape index (κ2) is 6.76. The lowest BCUT2D eigenvalue weighted by molar-refractivity contribution is 0.414. The maximum atomic E-state index is 5.59. The molecule has 0 bridgehead atoms. The zero-order chi connectivity index (χ0) is 13.5. The number of terminal acetylenes is 1. The van der Waals surface area contributed by atoms with E-state index in [2.05, 4.69) is 17.3 Å². The van der Waals surface area contributed by atoms with Crippen molar-refractivity contribution in [3.05, 3.63) is 35.0 Å². The molecule has 0 spiro atoms. The van der Waals surface area contributed by atoms with Crippen molar-refractivity contribution in [1.29, 1.82) is 0 Å². The van der Waals surface area contributed by atoms with Crippen LogP contribution >= 0.6 is 0 Å². The van der Waals surface area contributed by atoms with Crippen molar-refractivity contribution < 1.29 is 4.74 Å². The largest absolute Gasteiger partial charge is 0.497 e. The molecule has 0 radical (unpaired) electrons. The average Bonchev–Trinajstić information content (AvgIpc) is 2.47. The van der Waals surface area contributed by atoms with Crippen molar-refractivity contribution >= 4 is 5.57 Å². The smallest absolute Gasteiger partial charge is 0.119 e. The summed E-state index contributed by atoms with van der Waals surface area (Å²) in [4.78, 5) is 0. The Morgan fingerprint density at radius 2 is 2.00 bits per heavy atom. The van der Waals surface area contributed by atoms with Crippen molar-refractivity contribution in [2.75, 3.05) is 14.2 Å². The SMILES string of the molecule is C#CC1=C(NC)CCc2ccc(OC)cc21.CC. The summed E-state index contributed by atoms with van der Waals surface area (Å²) in [6.45, 7) is 4.00. The summed E-state index contributed by atoms with van der Waals surface area (Å²) in [7, 11) is 3.58. The van der Waals surface area contributed by atoms with Crippen LogP contribution in [0.3, 0.4) is 0 Å². The summed E-state index contributed by atoms with van der Waals surface area (Å²) in [5.74, 6) is 3.62. The molecule has 0 saturated carbocycles. The molecule has 2 nitrogen and oxygen atoms in total. The van der Waals surface area contributed by atoms with Crippen LogP contribution in [-0.4, -0.2) is 14.2 Å². The maximum absolute atomic E-state index is 5.59. The minimum Gasteiger partial charge on any atom is -0.497 e. The van der Waals surface area contributed by atoms with E-state index in [1.165, 1.54) is 5.56 Å². The van der Waals surface area contributed by atoms with E-state index in [1.807, 2.05) is 33.0 Å². The van der Waals surface area contributed by atoms with E-state index in [1.54, 1.807) is 7.11 Å². The molecule has 0 aromatic heterocycles. The first-order valence-corrected chi connectivity index (χ1v) is 6.35. The molecule has 2 heteroatoms. The Balaban J connectivity index is 0.000000771. The van der Waals surface area contributed by atoms with Gasteiger partial charge in [-0.2, -0.15) is 0 Å². The summed E-state index contributed by atoms with van der Waals surface area (Å²) in [6.07, 6.45) is 7.60. The second-order valence-electron chi connectivity index (χ2n) is 3.77. The summed E-state index contributed by atoms with van der Waals surface area (Å²) in [5.41, 5.74) is 4.52. The summed E-state index contributed by atoms with van der Waals surface area (Å²) < 4.78 is 5.23. The van der Waals surface area contributed by atoms with E-state index in [0.717, 1.165) is 35.4 Å². The number of aryl methyl sites for hydroxylation is 1. The Morgan fingerprint density at radius 1 is 1.28 bits per heavy atom. The summed E-state index contributed by atoms with van der Waals surface area (Å²) in [6, 6.07) is 6.09. The predicted molar refractivity (Wildman–Crippen MR) is 77.5 cm³/mol. The molecule has 0 saturated heterocycles. The van der Waals surface area contributed by atoms with Gasteiger partial charge in [-0.1, -0.05) is 25.8 Å². The molecule has 1 aliphatic rings. The number of fused-ring (bicyclic) bond motifs is 1. The van der Waals surface area contributed by atoms with Crippen LogP contribution in [0.4, 0.5) is 0 Å². The first-order valence-electron chi connectivity index (χ1n) is 6.35. The first-order chi connectivity index (χ1) is 8.80. The number of ether oxygens (including phenoxy) is 1. The highest BCUT2D eigenvalue weighted by atomic mass is 16.5. The molecule has 0 atom stereocenters. The van der Waals surface area contributed by atoms with Gasteiger partial charge in [0.15, 0.2) is 0 Å². The third kappa shape index (κ3) is 2.68. The second-order valence-corrected chi connectivity index (χ2v) is 3.77. The van der Waals surface area contributed by atoms with E-state index < -0.39 is 0 Å². The van der Waals surface area contributed by atoms with Crippen LogP contribution in [0.5, 0.6) is 5.75 Å². The Hall–Kier alpha value is -1.88. The number of nitrogens with one attached hydrogen (secondary N) is 1. The molecule has 0 heterocycles. The van der Waals surface area contributed by atoms with Gasteiger partial charge in [0, 0.05) is 12.7 Å². The van der Waals surface area contributed by atoms with Gasteiger partial charge in [-0.15, -0.1) is 6.42 Å². The van der Waals surface area contributed by atoms with Gasteiger partial charge in [-0.25, -0.2) is 0 Å². The van der Waals surface area contributed by atoms with Crippen LogP contribution in [0.15, 0.2) is 23.9 Å². The van der Waals surface area contributed by atoms with Gasteiger partial charge in [0.05, 0.1) is 12.7 Å². The van der Waals surface area contributed by atoms with Crippen LogP contribution in [0.1, 0.15) is 31.4 Å². The number of benzene rings is 1. The lowest BCUT2D eigenvalue weighted by atomic mass is 9.89. The first kappa shape index (κ1) is 14.2. The molecular formula is C16H21NO. The topological polar surface area (TPSA) is 21.3 Å². The normalized spacial score (nSPS) is 12.8. The molecule has 96 valence electrons. The van der Waals surface area contributed by atoms with Gasteiger partial charge in [0.1, 0.15) is 5.75 Å². The molecule has 1 aliphatic carbocycles. The molecule has 0 amide bonds. The highest BCUT2D eigenvalue weighted by Gasteiger charge is 2.17. The number of hydrogen-bond donors (Lipinski definition) is 1. The third-order valence-electron chi connectivity index (χ3n) is 2.98. The quantitative estimate of drug-likeness (QED) is 0.805. The summed E-state index contributed by atoms with van der Waals surface area (Å²) in [5, 5.41) is 3.18. The van der Waals surface area contributed by atoms with E-state index in [4.69, 9.17) is 11.2 Å². The Bertz CT molecular complexity index is 480. The number of hydrogen-bond acceptors (Lipinski definition) is 2. The predicted octanol–water partition coefficient (Wildman–Crippen LogP) is 3.23. The molecule has 1 aromatic rings. The molecule has 0 unspecified atom stereocenters. The minimum atomic E-state index is 0.851. The van der Waals surface area contributed by atoms with E-state index in [0.29, 0.717) is 0 Å². The fourth-order valence-corrected chi connectivity index (χ4v) is 2.10. The van der Waals surface area contributed by atoms with Gasteiger partial charge < -0.3 is 10.1 Å². The Morgan fingerprint density at radius 3 is 2.56 bits per heavy atom. The van der Waals surface area contributed by atoms with Gasteiger partial charge in [0.25, 0.3) is 0 Å². The Kier molecular flexibility index (Phi) is 5.32. The van der Waals surface area contributed by atoms with Crippen LogP contribution in [0.25, 0.3) is 5.57 Å². The van der Waals surface area contributed by atoms with E-state index in [-0.39, 0.29) is 0 Å². The standard InChI is InChI=1S/C14H15NO.C2H6/c1-4-12-13-9-11(16-3)7-5-10(13)6-8-14(12)15-2;1-2/h1,5,7,9,15H,6,8H2,2-3H3;1-2H3. The van der Waals surface area contributed by atoms with Crippen molar-refractivity contribution in [2.24, 2.45) is 0 Å². The van der Waals surface area contributed by atoms with E-state index >= 15 is 0 Å². The van der Waals surface area contributed by atoms with Crippen LogP contribution in [0.2, 0.25) is 0 Å². The van der Waals surface area contributed by atoms with Crippen molar-refractivity contribution in [1.82, 2.24) is 5.32 Å². The zero-order valence-electron chi connectivity index (χ0n) is 11.6. The lowest BCUT2D eigenvalue weighted by Crippen LogP contribution is -2.14. The fraction of sp³-hybridized carbons (Fsp3) is 0.375. The number of methoxy groups -OCH3 is 1. The number of allylic oxidation sites excluding steroid dienone is 2. The van der Waals surface area contributed by atoms with Crippen LogP contribution in [0, 0.1) is 12.3 Å². The van der Waals surface area contributed by atoms with Gasteiger partial charge in [0.2, 0.25) is 0 Å². The Labute approximate surface area is 110 Å². The van der Waals surface area contributed by atoms with Crippen molar-refractivity contribution in [3.8, 4) is 18.1 Å². The molecule has 18 heavy (non-hydrogen) atoms. The molecule has 1 aromatic carbocycles. The minimum absolute atomic E-state index is 0.851. The van der Waals surface area contributed by atoms with Crippen LogP contribution < -0.4 is 10.1 Å². The zero-order valence-corrected chi connectivity index (χ0v) is 11.6. The van der Waals surface area contributed by atoms with Crippen molar-refractivity contribution in [2.45, 2.75) is 26.7 Å². The summed E-state index contributed by atoms with van der Waals surface area (Å²) >= 11 is 0. The molecule has 0 fully saturated rings. The van der Waals surface area contributed by atoms with Crippen molar-refractivity contribution in [3.63, 3.8) is 0 Å². The van der Waals surface area contributed by atoms with E-state index in [9.17, 15) is 0 Å². The highest BCUT2D eigenvalue weighted by Crippen LogP contribution is 2.32. The number of rotatable bonds is 2. The average molecular weight is 243 g/mol. The van der Waals surface area contributed by atoms with Gasteiger partial charge in [-0.3, -0.25) is 0 Å².